The minimum atomic E-state index is -0.248. The third-order valence-corrected chi connectivity index (χ3v) is 3.92. The Bertz CT molecular complexity index is 767. The van der Waals surface area contributed by atoms with E-state index in [4.69, 9.17) is 4.74 Å². The molecule has 0 atom stereocenters. The molecule has 0 aliphatic rings. The van der Waals surface area contributed by atoms with Crippen molar-refractivity contribution in [3.8, 4) is 11.3 Å². The predicted molar refractivity (Wildman–Crippen MR) is 78.6 cm³/mol. The maximum absolute atomic E-state index is 11.4. The van der Waals surface area contributed by atoms with E-state index in [1.807, 2.05) is 35.7 Å². The van der Waals surface area contributed by atoms with Gasteiger partial charge in [-0.2, -0.15) is 0 Å². The maximum atomic E-state index is 11.4. The molecule has 0 aliphatic carbocycles. The Morgan fingerprint density at radius 1 is 1.25 bits per heavy atom. The van der Waals surface area contributed by atoms with Crippen LogP contribution in [0.25, 0.3) is 22.3 Å². The van der Waals surface area contributed by atoms with Gasteiger partial charge in [-0.1, -0.05) is 12.1 Å². The zero-order valence-corrected chi connectivity index (χ0v) is 11.7. The molecule has 0 aliphatic heterocycles. The molecule has 20 heavy (non-hydrogen) atoms. The van der Waals surface area contributed by atoms with E-state index in [-0.39, 0.29) is 12.4 Å². The van der Waals surface area contributed by atoms with Crippen molar-refractivity contribution >= 4 is 28.3 Å². The molecule has 0 spiro atoms. The van der Waals surface area contributed by atoms with Crippen molar-refractivity contribution in [1.29, 1.82) is 0 Å². The summed E-state index contributed by atoms with van der Waals surface area (Å²) in [5, 5.41) is 1.95. The van der Waals surface area contributed by atoms with Crippen LogP contribution < -0.4 is 0 Å². The highest BCUT2D eigenvalue weighted by Crippen LogP contribution is 2.28. The van der Waals surface area contributed by atoms with Gasteiger partial charge in [-0.3, -0.25) is 9.78 Å². The van der Waals surface area contributed by atoms with Gasteiger partial charge in [0, 0.05) is 10.4 Å². The zero-order valence-electron chi connectivity index (χ0n) is 10.9. The molecule has 0 amide bonds. The zero-order chi connectivity index (χ0) is 13.9. The third-order valence-electron chi connectivity index (χ3n) is 3.00. The van der Waals surface area contributed by atoms with E-state index in [2.05, 4.69) is 9.97 Å². The summed E-state index contributed by atoms with van der Waals surface area (Å²) in [5.41, 5.74) is 3.43. The topological polar surface area (TPSA) is 52.1 Å². The summed E-state index contributed by atoms with van der Waals surface area (Å²) in [7, 11) is 1.39. The molecule has 4 nitrogen and oxygen atoms in total. The van der Waals surface area contributed by atoms with Gasteiger partial charge in [0.15, 0.2) is 0 Å². The van der Waals surface area contributed by atoms with Gasteiger partial charge in [-0.15, -0.1) is 11.3 Å². The summed E-state index contributed by atoms with van der Waals surface area (Å²) in [6, 6.07) is 9.68. The summed E-state index contributed by atoms with van der Waals surface area (Å²) in [6.07, 6.45) is 2.00. The molecule has 0 fully saturated rings. The molecule has 0 N–H and O–H groups in total. The van der Waals surface area contributed by atoms with Gasteiger partial charge in [0.25, 0.3) is 0 Å². The number of hydrogen-bond donors (Lipinski definition) is 0. The molecule has 100 valence electrons. The summed E-state index contributed by atoms with van der Waals surface area (Å²) in [5.74, 6) is -0.248. The van der Waals surface area contributed by atoms with E-state index >= 15 is 0 Å². The van der Waals surface area contributed by atoms with Crippen molar-refractivity contribution in [2.45, 2.75) is 6.42 Å². The van der Waals surface area contributed by atoms with E-state index in [9.17, 15) is 4.79 Å². The average molecular weight is 284 g/mol. The fraction of sp³-hybridized carbons (Fsp3) is 0.133. The third kappa shape index (κ3) is 2.40. The number of para-hydroxylation sites is 2. The van der Waals surface area contributed by atoms with Crippen molar-refractivity contribution < 1.29 is 9.53 Å². The van der Waals surface area contributed by atoms with Crippen LogP contribution in [-0.4, -0.2) is 23.0 Å². The first-order chi connectivity index (χ1) is 9.78. The Morgan fingerprint density at radius 2 is 2.05 bits per heavy atom. The number of esters is 1. The molecule has 0 bridgehead atoms. The Hall–Kier alpha value is -2.27. The molecule has 0 saturated heterocycles. The lowest BCUT2D eigenvalue weighted by Gasteiger charge is -2.04. The normalized spacial score (nSPS) is 10.7. The number of thiophene rings is 1. The number of fused-ring (bicyclic) bond motifs is 1. The number of hydrogen-bond acceptors (Lipinski definition) is 5. The van der Waals surface area contributed by atoms with Crippen molar-refractivity contribution in [2.24, 2.45) is 0 Å². The number of benzene rings is 1. The summed E-state index contributed by atoms with van der Waals surface area (Å²) >= 11 is 1.52. The van der Waals surface area contributed by atoms with E-state index in [1.165, 1.54) is 18.4 Å². The van der Waals surface area contributed by atoms with Gasteiger partial charge in [-0.05, 0) is 23.6 Å². The number of carbonyl (C=O) groups excluding carboxylic acids is 1. The quantitative estimate of drug-likeness (QED) is 0.694. The van der Waals surface area contributed by atoms with Crippen LogP contribution in [0.2, 0.25) is 0 Å². The molecule has 2 aromatic heterocycles. The van der Waals surface area contributed by atoms with Crippen molar-refractivity contribution in [3.05, 3.63) is 46.8 Å². The Kier molecular flexibility index (Phi) is 3.43. The van der Waals surface area contributed by atoms with Crippen LogP contribution in [0.1, 0.15) is 4.88 Å². The monoisotopic (exact) mass is 284 g/mol. The summed E-state index contributed by atoms with van der Waals surface area (Å²) < 4.78 is 4.72. The number of methoxy groups -OCH3 is 1. The van der Waals surface area contributed by atoms with Crippen molar-refractivity contribution in [1.82, 2.24) is 9.97 Å². The van der Waals surface area contributed by atoms with Crippen LogP contribution in [0, 0.1) is 0 Å². The first-order valence-electron chi connectivity index (χ1n) is 6.13. The van der Waals surface area contributed by atoms with E-state index in [0.29, 0.717) is 0 Å². The maximum Gasteiger partial charge on any atom is 0.310 e. The second-order valence-electron chi connectivity index (χ2n) is 4.25. The van der Waals surface area contributed by atoms with Crippen LogP contribution in [0.5, 0.6) is 0 Å². The molecule has 0 saturated carbocycles. The Labute approximate surface area is 120 Å². The number of nitrogens with zero attached hydrogens (tertiary/aromatic N) is 2. The van der Waals surface area contributed by atoms with Crippen molar-refractivity contribution in [3.63, 3.8) is 0 Å². The van der Waals surface area contributed by atoms with Gasteiger partial charge in [0.2, 0.25) is 0 Å². The highest BCUT2D eigenvalue weighted by molar-refractivity contribution is 7.10. The SMILES string of the molecule is COC(=O)Cc1sccc1-c1cnc2ccccc2n1. The largest absolute Gasteiger partial charge is 0.469 e. The summed E-state index contributed by atoms with van der Waals surface area (Å²) in [4.78, 5) is 21.4. The van der Waals surface area contributed by atoms with Gasteiger partial charge >= 0.3 is 5.97 Å². The number of rotatable bonds is 3. The molecule has 3 aromatic rings. The molecule has 3 rings (SSSR count). The Balaban J connectivity index is 2.02. The average Bonchev–Trinajstić information content (AvgIpc) is 2.94. The summed E-state index contributed by atoms with van der Waals surface area (Å²) in [6.45, 7) is 0. The lowest BCUT2D eigenvalue weighted by atomic mass is 10.1. The smallest absolute Gasteiger partial charge is 0.310 e. The molecule has 0 unspecified atom stereocenters. The van der Waals surface area contributed by atoms with Crippen LogP contribution in [0.3, 0.4) is 0 Å². The van der Waals surface area contributed by atoms with Gasteiger partial charge in [0.1, 0.15) is 0 Å². The highest BCUT2D eigenvalue weighted by Gasteiger charge is 2.13. The fourth-order valence-electron chi connectivity index (χ4n) is 2.00. The standard InChI is InChI=1S/C15H12N2O2S/c1-19-15(18)8-14-10(6-7-20-14)13-9-16-11-4-2-3-5-12(11)17-13/h2-7,9H,8H2,1H3. The predicted octanol–water partition coefficient (Wildman–Crippen LogP) is 3.07. The molecule has 2 heterocycles. The first kappa shape index (κ1) is 12.7. The fourth-order valence-corrected chi connectivity index (χ4v) is 2.87. The molecular weight excluding hydrogens is 272 g/mol. The highest BCUT2D eigenvalue weighted by atomic mass is 32.1. The second kappa shape index (κ2) is 5.38. The Morgan fingerprint density at radius 3 is 2.85 bits per heavy atom. The second-order valence-corrected chi connectivity index (χ2v) is 5.25. The van der Waals surface area contributed by atoms with Gasteiger partial charge < -0.3 is 4.74 Å². The van der Waals surface area contributed by atoms with Crippen molar-refractivity contribution in [2.75, 3.05) is 7.11 Å². The van der Waals surface area contributed by atoms with Gasteiger partial charge in [0.05, 0.1) is 36.5 Å². The number of carbonyl (C=O) groups is 1. The van der Waals surface area contributed by atoms with E-state index in [0.717, 1.165) is 27.2 Å². The number of ether oxygens (including phenoxy) is 1. The first-order valence-corrected chi connectivity index (χ1v) is 7.01. The molecule has 0 radical (unpaired) electrons. The number of aromatic nitrogens is 2. The minimum Gasteiger partial charge on any atom is -0.469 e. The van der Waals surface area contributed by atoms with E-state index < -0.39 is 0 Å². The lowest BCUT2D eigenvalue weighted by Crippen LogP contribution is -2.04. The minimum absolute atomic E-state index is 0.248. The van der Waals surface area contributed by atoms with Crippen LogP contribution in [0.15, 0.2) is 41.9 Å². The van der Waals surface area contributed by atoms with E-state index in [1.54, 1.807) is 6.20 Å². The lowest BCUT2D eigenvalue weighted by molar-refractivity contribution is -0.139. The van der Waals surface area contributed by atoms with Gasteiger partial charge in [-0.25, -0.2) is 4.98 Å². The van der Waals surface area contributed by atoms with Crippen LogP contribution >= 0.6 is 11.3 Å². The molecule has 5 heteroatoms. The molecular formula is C15H12N2O2S. The van der Waals surface area contributed by atoms with Crippen LogP contribution in [-0.2, 0) is 16.0 Å². The molecule has 1 aromatic carbocycles. The van der Waals surface area contributed by atoms with Crippen LogP contribution in [0.4, 0.5) is 0 Å².